The summed E-state index contributed by atoms with van der Waals surface area (Å²) in [4.78, 5) is 28.1. The number of nitrogens with zero attached hydrogens (tertiary/aromatic N) is 1. The molecule has 0 spiro atoms. The van der Waals surface area contributed by atoms with E-state index in [9.17, 15) is 9.59 Å². The highest BCUT2D eigenvalue weighted by Crippen LogP contribution is 2.08. The minimum absolute atomic E-state index is 0.0917. The molecule has 0 radical (unpaired) electrons. The summed E-state index contributed by atoms with van der Waals surface area (Å²) < 4.78 is 4.88. The highest BCUT2D eigenvalue weighted by Gasteiger charge is 2.01. The molecular formula is C12H10N2O3S. The van der Waals surface area contributed by atoms with Crippen LogP contribution in [0.2, 0.25) is 0 Å². The van der Waals surface area contributed by atoms with Crippen molar-refractivity contribution in [2.24, 2.45) is 0 Å². The van der Waals surface area contributed by atoms with Gasteiger partial charge in [0, 0.05) is 36.9 Å². The lowest BCUT2D eigenvalue weighted by molar-refractivity contribution is -0.109. The van der Waals surface area contributed by atoms with E-state index in [1.807, 2.05) is 0 Å². The number of hydrogen-bond acceptors (Lipinski definition) is 5. The van der Waals surface area contributed by atoms with E-state index >= 15 is 0 Å². The summed E-state index contributed by atoms with van der Waals surface area (Å²) in [7, 11) is 0. The fourth-order valence-electron chi connectivity index (χ4n) is 1.32. The molecule has 1 N–H and O–H groups in total. The first kappa shape index (κ1) is 12.5. The second-order valence-corrected chi connectivity index (χ2v) is 4.75. The summed E-state index contributed by atoms with van der Waals surface area (Å²) in [6.07, 6.45) is 2.19. The van der Waals surface area contributed by atoms with Crippen LogP contribution in [-0.2, 0) is 4.79 Å². The second-order valence-electron chi connectivity index (χ2n) is 3.48. The number of thioether (sulfide) groups is 1. The Hall–Kier alpha value is -2.00. The van der Waals surface area contributed by atoms with Gasteiger partial charge < -0.3 is 4.42 Å². The fourth-order valence-corrected chi connectivity index (χ4v) is 1.81. The number of pyridine rings is 1. The third-order valence-electron chi connectivity index (χ3n) is 2.04. The van der Waals surface area contributed by atoms with Gasteiger partial charge in [0.2, 0.25) is 0 Å². The topological polar surface area (TPSA) is 76.0 Å². The van der Waals surface area contributed by atoms with E-state index in [1.54, 1.807) is 12.3 Å². The number of oxazole rings is 1. The van der Waals surface area contributed by atoms with E-state index < -0.39 is 5.76 Å². The molecule has 0 amide bonds. The lowest BCUT2D eigenvalue weighted by atomic mass is 10.3. The predicted octanol–water partition coefficient (Wildman–Crippen LogP) is 1.54. The summed E-state index contributed by atoms with van der Waals surface area (Å²) in [6, 6.07) is 1.66. The SMILES string of the molecule is CC(=O)SCCC#Cc1cnc2[nH]c(=O)oc2c1. The maximum absolute atomic E-state index is 10.9. The number of carbonyl (C=O) groups is 1. The number of hydrogen-bond donors (Lipinski definition) is 1. The van der Waals surface area contributed by atoms with E-state index in [4.69, 9.17) is 4.42 Å². The molecular weight excluding hydrogens is 252 g/mol. The molecule has 0 aliphatic carbocycles. The van der Waals surface area contributed by atoms with Crippen molar-refractivity contribution >= 4 is 28.1 Å². The van der Waals surface area contributed by atoms with Crippen molar-refractivity contribution in [3.05, 3.63) is 28.4 Å². The molecule has 6 heteroatoms. The normalized spacial score (nSPS) is 10.1. The average molecular weight is 262 g/mol. The van der Waals surface area contributed by atoms with Crippen molar-refractivity contribution < 1.29 is 9.21 Å². The number of carbonyl (C=O) groups excluding carboxylic acids is 1. The van der Waals surface area contributed by atoms with Crippen LogP contribution in [0.5, 0.6) is 0 Å². The molecule has 2 rings (SSSR count). The van der Waals surface area contributed by atoms with Crippen molar-refractivity contribution in [1.82, 2.24) is 9.97 Å². The van der Waals surface area contributed by atoms with Gasteiger partial charge in [-0.25, -0.2) is 9.78 Å². The zero-order valence-corrected chi connectivity index (χ0v) is 10.5. The smallest absolute Gasteiger partial charge is 0.406 e. The molecule has 0 unspecified atom stereocenters. The van der Waals surface area contributed by atoms with Crippen LogP contribution in [0.4, 0.5) is 0 Å². The summed E-state index contributed by atoms with van der Waals surface area (Å²) in [5, 5.41) is 0.0917. The molecule has 18 heavy (non-hydrogen) atoms. The quantitative estimate of drug-likeness (QED) is 0.656. The Balaban J connectivity index is 2.05. The number of aromatic nitrogens is 2. The van der Waals surface area contributed by atoms with Crippen LogP contribution in [0.25, 0.3) is 11.2 Å². The summed E-state index contributed by atoms with van der Waals surface area (Å²) in [5.74, 6) is 5.99. The van der Waals surface area contributed by atoms with Crippen molar-refractivity contribution in [2.75, 3.05) is 5.75 Å². The molecule has 92 valence electrons. The Bertz CT molecular complexity index is 690. The highest BCUT2D eigenvalue weighted by molar-refractivity contribution is 8.13. The molecule has 0 aliphatic rings. The Labute approximate surface area is 107 Å². The van der Waals surface area contributed by atoms with Gasteiger partial charge in [0.05, 0.1) is 0 Å². The van der Waals surface area contributed by atoms with Gasteiger partial charge in [-0.1, -0.05) is 23.6 Å². The maximum Gasteiger partial charge on any atom is 0.418 e. The van der Waals surface area contributed by atoms with Gasteiger partial charge in [-0.2, -0.15) is 0 Å². The standard InChI is InChI=1S/C12H10N2O3S/c1-8(15)18-5-3-2-4-9-6-10-11(13-7-9)14-12(16)17-10/h6-7H,3,5H2,1H3,(H,13,14,16). The molecule has 5 nitrogen and oxygen atoms in total. The van der Waals surface area contributed by atoms with Gasteiger partial charge in [-0.3, -0.25) is 9.78 Å². The number of fused-ring (bicyclic) bond motifs is 1. The number of rotatable bonds is 2. The van der Waals surface area contributed by atoms with Crippen LogP contribution in [0.1, 0.15) is 18.9 Å². The molecule has 0 bridgehead atoms. The number of aromatic amines is 1. The van der Waals surface area contributed by atoms with E-state index in [2.05, 4.69) is 21.8 Å². The minimum atomic E-state index is -0.527. The van der Waals surface area contributed by atoms with Gasteiger partial charge in [0.25, 0.3) is 0 Å². The van der Waals surface area contributed by atoms with Crippen molar-refractivity contribution in [2.45, 2.75) is 13.3 Å². The van der Waals surface area contributed by atoms with Crippen molar-refractivity contribution in [3.63, 3.8) is 0 Å². The lowest BCUT2D eigenvalue weighted by Gasteiger charge is -1.90. The van der Waals surface area contributed by atoms with Crippen LogP contribution in [0, 0.1) is 11.8 Å². The Kier molecular flexibility index (Phi) is 3.85. The van der Waals surface area contributed by atoms with Crippen LogP contribution in [-0.4, -0.2) is 20.8 Å². The monoisotopic (exact) mass is 262 g/mol. The molecule has 2 aromatic rings. The average Bonchev–Trinajstić information content (AvgIpc) is 2.67. The van der Waals surface area contributed by atoms with E-state index in [1.165, 1.54) is 18.7 Å². The van der Waals surface area contributed by atoms with E-state index in [0.29, 0.717) is 29.0 Å². The summed E-state index contributed by atoms with van der Waals surface area (Å²) >= 11 is 1.25. The van der Waals surface area contributed by atoms with E-state index in [-0.39, 0.29) is 5.12 Å². The first-order valence-electron chi connectivity index (χ1n) is 5.26. The van der Waals surface area contributed by atoms with Crippen molar-refractivity contribution in [1.29, 1.82) is 0 Å². The minimum Gasteiger partial charge on any atom is -0.406 e. The zero-order chi connectivity index (χ0) is 13.0. The Morgan fingerprint density at radius 3 is 3.22 bits per heavy atom. The molecule has 2 heterocycles. The predicted molar refractivity (Wildman–Crippen MR) is 69.3 cm³/mol. The van der Waals surface area contributed by atoms with Gasteiger partial charge in [-0.15, -0.1) is 0 Å². The zero-order valence-electron chi connectivity index (χ0n) is 9.65. The van der Waals surface area contributed by atoms with Crippen LogP contribution >= 0.6 is 11.8 Å². The molecule has 0 atom stereocenters. The van der Waals surface area contributed by atoms with Crippen LogP contribution in [0.3, 0.4) is 0 Å². The van der Waals surface area contributed by atoms with Crippen LogP contribution in [0.15, 0.2) is 21.5 Å². The molecule has 0 aliphatic heterocycles. The van der Waals surface area contributed by atoms with Crippen molar-refractivity contribution in [3.8, 4) is 11.8 Å². The number of nitrogens with one attached hydrogen (secondary N) is 1. The molecule has 0 saturated heterocycles. The summed E-state index contributed by atoms with van der Waals surface area (Å²) in [6.45, 7) is 1.53. The highest BCUT2D eigenvalue weighted by atomic mass is 32.2. The fraction of sp³-hybridized carbons (Fsp3) is 0.250. The lowest BCUT2D eigenvalue weighted by Crippen LogP contribution is -1.93. The third-order valence-corrected chi connectivity index (χ3v) is 2.86. The van der Waals surface area contributed by atoms with Gasteiger partial charge in [0.15, 0.2) is 16.3 Å². The molecule has 0 fully saturated rings. The number of H-pyrrole nitrogens is 1. The van der Waals surface area contributed by atoms with Crippen LogP contribution < -0.4 is 5.76 Å². The summed E-state index contributed by atoms with van der Waals surface area (Å²) in [5.41, 5.74) is 1.49. The molecule has 0 aromatic carbocycles. The van der Waals surface area contributed by atoms with Gasteiger partial charge in [-0.05, 0) is 0 Å². The largest absolute Gasteiger partial charge is 0.418 e. The Morgan fingerprint density at radius 2 is 2.44 bits per heavy atom. The van der Waals surface area contributed by atoms with Gasteiger partial charge in [0.1, 0.15) is 0 Å². The molecule has 2 aromatic heterocycles. The van der Waals surface area contributed by atoms with E-state index in [0.717, 1.165) is 0 Å². The second kappa shape index (κ2) is 5.56. The maximum atomic E-state index is 10.9. The first-order chi connectivity index (χ1) is 8.65. The van der Waals surface area contributed by atoms with Gasteiger partial charge >= 0.3 is 5.76 Å². The third kappa shape index (κ3) is 3.25. The molecule has 0 saturated carbocycles. The first-order valence-corrected chi connectivity index (χ1v) is 6.25. The Morgan fingerprint density at radius 1 is 1.61 bits per heavy atom.